The van der Waals surface area contributed by atoms with Crippen LogP contribution < -0.4 is 10.4 Å². The number of carbonyl (C=O) groups excluding carboxylic acids is 1. The lowest BCUT2D eigenvalue weighted by Crippen LogP contribution is -2.46. The van der Waals surface area contributed by atoms with Gasteiger partial charge in [-0.25, -0.2) is 9.97 Å². The van der Waals surface area contributed by atoms with Crippen LogP contribution in [0.3, 0.4) is 0 Å². The van der Waals surface area contributed by atoms with E-state index < -0.39 is 18.3 Å². The van der Waals surface area contributed by atoms with Crippen LogP contribution in [0.4, 0.5) is 5.95 Å². The second-order valence-electron chi connectivity index (χ2n) is 9.17. The van der Waals surface area contributed by atoms with E-state index in [4.69, 9.17) is 20.9 Å². The zero-order valence-corrected chi connectivity index (χ0v) is 19.1. The summed E-state index contributed by atoms with van der Waals surface area (Å²) < 4.78 is 12.2. The van der Waals surface area contributed by atoms with E-state index in [1.807, 2.05) is 32.6 Å². The van der Waals surface area contributed by atoms with E-state index in [1.165, 1.54) is 0 Å². The minimum atomic E-state index is -0.479. The third-order valence-electron chi connectivity index (χ3n) is 6.28. The van der Waals surface area contributed by atoms with E-state index in [9.17, 15) is 4.79 Å². The van der Waals surface area contributed by atoms with Crippen LogP contribution in [0.15, 0.2) is 12.4 Å². The highest BCUT2D eigenvalue weighted by molar-refractivity contribution is 6.61. The Hall–Kier alpha value is -1.38. The van der Waals surface area contributed by atoms with E-state index in [1.54, 1.807) is 12.4 Å². The number of aromatic nitrogens is 2. The first-order chi connectivity index (χ1) is 13.6. The van der Waals surface area contributed by atoms with Crippen molar-refractivity contribution in [3.05, 3.63) is 12.4 Å². The van der Waals surface area contributed by atoms with Gasteiger partial charge in [0.1, 0.15) is 5.88 Å². The fraction of sp³-hybridized carbons (Fsp3) is 0.750. The first kappa shape index (κ1) is 22.3. The van der Waals surface area contributed by atoms with E-state index in [-0.39, 0.29) is 23.9 Å². The number of nitrogens with zero attached hydrogens (tertiary/aromatic N) is 4. The Morgan fingerprint density at radius 3 is 2.38 bits per heavy atom. The molecule has 0 bridgehead atoms. The average molecular weight is 423 g/mol. The normalized spacial score (nSPS) is 23.1. The summed E-state index contributed by atoms with van der Waals surface area (Å²) in [6, 6.07) is 0.335. The highest BCUT2D eigenvalue weighted by Gasteiger charge is 2.52. The van der Waals surface area contributed by atoms with Gasteiger partial charge in [-0.3, -0.25) is 4.79 Å². The maximum atomic E-state index is 12.1. The number of carbonyl (C=O) groups is 1. The van der Waals surface area contributed by atoms with E-state index >= 15 is 0 Å². The van der Waals surface area contributed by atoms with Gasteiger partial charge in [-0.15, -0.1) is 11.6 Å². The summed E-state index contributed by atoms with van der Waals surface area (Å²) in [5, 5.41) is 0. The molecule has 1 amide bonds. The molecule has 0 spiro atoms. The molecule has 1 aromatic rings. The van der Waals surface area contributed by atoms with Crippen molar-refractivity contribution >= 4 is 36.0 Å². The third-order valence-corrected chi connectivity index (χ3v) is 6.51. The smallest absolute Gasteiger partial charge is 0.399 e. The maximum absolute atomic E-state index is 12.1. The van der Waals surface area contributed by atoms with Crippen LogP contribution in [-0.2, 0) is 14.1 Å². The lowest BCUT2D eigenvalue weighted by molar-refractivity contribution is -0.129. The Labute approximate surface area is 179 Å². The van der Waals surface area contributed by atoms with Crippen molar-refractivity contribution in [1.82, 2.24) is 14.9 Å². The number of hydrogen-bond acceptors (Lipinski definition) is 6. The Bertz CT molecular complexity index is 713. The molecule has 2 fully saturated rings. The van der Waals surface area contributed by atoms with Crippen LogP contribution in [0.25, 0.3) is 0 Å². The highest BCUT2D eigenvalue weighted by Crippen LogP contribution is 2.36. The SMILES string of the molecule is CC(C)N(C[C@H]1CCCN1C(=O)CCl)c1ncc(B2OC(C)(C)C(C)(C)O2)cn1. The molecular formula is C20H32BClN4O3. The molecule has 3 heterocycles. The van der Waals surface area contributed by atoms with Crippen molar-refractivity contribution in [2.24, 2.45) is 0 Å². The van der Waals surface area contributed by atoms with Crippen LogP contribution in [0.2, 0.25) is 0 Å². The summed E-state index contributed by atoms with van der Waals surface area (Å²) in [4.78, 5) is 25.3. The first-order valence-corrected chi connectivity index (χ1v) is 10.9. The molecule has 2 aliphatic heterocycles. The highest BCUT2D eigenvalue weighted by atomic mass is 35.5. The molecule has 0 unspecified atom stereocenters. The number of anilines is 1. The average Bonchev–Trinajstić information content (AvgIpc) is 3.20. The van der Waals surface area contributed by atoms with Crippen molar-refractivity contribution in [3.8, 4) is 0 Å². The predicted molar refractivity (Wildman–Crippen MR) is 116 cm³/mol. The molecule has 2 aliphatic rings. The van der Waals surface area contributed by atoms with Gasteiger partial charge in [0.05, 0.1) is 11.2 Å². The molecule has 7 nitrogen and oxygen atoms in total. The summed E-state index contributed by atoms with van der Waals surface area (Å²) >= 11 is 5.78. The predicted octanol–water partition coefficient (Wildman–Crippen LogP) is 2.22. The molecule has 0 N–H and O–H groups in total. The molecule has 2 saturated heterocycles. The summed E-state index contributed by atoms with van der Waals surface area (Å²) in [6.45, 7) is 13.8. The molecule has 0 aliphatic carbocycles. The monoisotopic (exact) mass is 422 g/mol. The number of alkyl halides is 1. The Morgan fingerprint density at radius 2 is 1.86 bits per heavy atom. The number of rotatable bonds is 6. The second-order valence-corrected chi connectivity index (χ2v) is 9.43. The van der Waals surface area contributed by atoms with Crippen molar-refractivity contribution < 1.29 is 14.1 Å². The molecule has 0 aromatic carbocycles. The molecule has 29 heavy (non-hydrogen) atoms. The molecule has 160 valence electrons. The third kappa shape index (κ3) is 4.54. The van der Waals surface area contributed by atoms with Crippen LogP contribution >= 0.6 is 11.6 Å². The minimum Gasteiger partial charge on any atom is -0.399 e. The quantitative estimate of drug-likeness (QED) is 0.517. The zero-order valence-electron chi connectivity index (χ0n) is 18.3. The molecule has 3 rings (SSSR count). The number of hydrogen-bond donors (Lipinski definition) is 0. The maximum Gasteiger partial charge on any atom is 0.498 e. The first-order valence-electron chi connectivity index (χ1n) is 10.4. The van der Waals surface area contributed by atoms with Crippen LogP contribution in [0, 0.1) is 0 Å². The van der Waals surface area contributed by atoms with Crippen LogP contribution in [0.5, 0.6) is 0 Å². The Balaban J connectivity index is 1.74. The lowest BCUT2D eigenvalue weighted by Gasteiger charge is -2.33. The van der Waals surface area contributed by atoms with E-state index in [2.05, 4.69) is 28.7 Å². The van der Waals surface area contributed by atoms with Gasteiger partial charge in [0.2, 0.25) is 11.9 Å². The van der Waals surface area contributed by atoms with Crippen LogP contribution in [0.1, 0.15) is 54.4 Å². The summed E-state index contributed by atoms with van der Waals surface area (Å²) in [5.74, 6) is 0.664. The van der Waals surface area contributed by atoms with Gasteiger partial charge in [0.25, 0.3) is 0 Å². The van der Waals surface area contributed by atoms with Crippen molar-refractivity contribution in [2.45, 2.75) is 77.7 Å². The Morgan fingerprint density at radius 1 is 1.28 bits per heavy atom. The van der Waals surface area contributed by atoms with Gasteiger partial charge in [-0.1, -0.05) is 0 Å². The molecule has 1 atom stereocenters. The van der Waals surface area contributed by atoms with Crippen molar-refractivity contribution in [2.75, 3.05) is 23.9 Å². The van der Waals surface area contributed by atoms with Gasteiger partial charge in [0, 0.05) is 43.0 Å². The van der Waals surface area contributed by atoms with Gasteiger partial charge in [0.15, 0.2) is 0 Å². The summed E-state index contributed by atoms with van der Waals surface area (Å²) in [6.07, 6.45) is 5.52. The van der Waals surface area contributed by atoms with Gasteiger partial charge in [-0.2, -0.15) is 0 Å². The standard InChI is InChI=1S/C20H32BClN4O3/c1-14(2)26(13-16-8-7-9-25(16)17(27)10-22)18-23-11-15(12-24-18)21-28-19(3,4)20(5,6)29-21/h11-12,14,16H,7-10,13H2,1-6H3/t16-/m1/s1. The largest absolute Gasteiger partial charge is 0.498 e. The number of halogens is 1. The fourth-order valence-electron chi connectivity index (χ4n) is 3.76. The number of amides is 1. The molecular weight excluding hydrogens is 391 g/mol. The second kappa shape index (κ2) is 8.40. The van der Waals surface area contributed by atoms with E-state index in [0.717, 1.165) is 24.8 Å². The van der Waals surface area contributed by atoms with Gasteiger partial charge in [-0.05, 0) is 54.4 Å². The molecule has 0 radical (unpaired) electrons. The summed E-state index contributed by atoms with van der Waals surface area (Å²) in [5.41, 5.74) is -0.00141. The number of likely N-dealkylation sites (tertiary alicyclic amines) is 1. The van der Waals surface area contributed by atoms with Crippen LogP contribution in [-0.4, -0.2) is 70.1 Å². The molecule has 0 saturated carbocycles. The van der Waals surface area contributed by atoms with E-state index in [0.29, 0.717) is 12.5 Å². The van der Waals surface area contributed by atoms with Gasteiger partial charge >= 0.3 is 7.12 Å². The minimum absolute atomic E-state index is 0.00472. The van der Waals surface area contributed by atoms with Crippen molar-refractivity contribution in [3.63, 3.8) is 0 Å². The topological polar surface area (TPSA) is 67.8 Å². The Kier molecular flexibility index (Phi) is 6.46. The fourth-order valence-corrected chi connectivity index (χ4v) is 3.91. The lowest BCUT2D eigenvalue weighted by atomic mass is 9.81. The van der Waals surface area contributed by atoms with Gasteiger partial charge < -0.3 is 19.1 Å². The molecule has 1 aromatic heterocycles. The summed E-state index contributed by atoms with van der Waals surface area (Å²) in [7, 11) is -0.479. The molecule has 9 heteroatoms. The zero-order chi connectivity index (χ0) is 21.4. The van der Waals surface area contributed by atoms with Crippen molar-refractivity contribution in [1.29, 1.82) is 0 Å².